The van der Waals surface area contributed by atoms with Crippen molar-refractivity contribution in [1.29, 1.82) is 0 Å². The Labute approximate surface area is 143 Å². The molecule has 1 aliphatic rings. The third-order valence-corrected chi connectivity index (χ3v) is 4.61. The second-order valence-electron chi connectivity index (χ2n) is 6.38. The summed E-state index contributed by atoms with van der Waals surface area (Å²) >= 11 is 0. The minimum atomic E-state index is 0.264. The van der Waals surface area contributed by atoms with Gasteiger partial charge in [-0.3, -0.25) is 0 Å². The molecule has 1 aliphatic heterocycles. The number of piperidine rings is 1. The second kappa shape index (κ2) is 8.87. The Morgan fingerprint density at radius 2 is 1.92 bits per heavy atom. The number of hydrogen-bond donors (Lipinski definition) is 2. The molecule has 1 fully saturated rings. The van der Waals surface area contributed by atoms with Gasteiger partial charge in [0.25, 0.3) is 0 Å². The maximum Gasteiger partial charge on any atom is 0.159 e. The van der Waals surface area contributed by atoms with Crippen LogP contribution >= 0.6 is 0 Å². The molecule has 0 spiro atoms. The van der Waals surface area contributed by atoms with E-state index < -0.39 is 0 Å². The number of aliphatic hydroxyl groups is 1. The number of rotatable bonds is 7. The maximum atomic E-state index is 8.99. The normalized spacial score (nSPS) is 16.4. The Kier molecular flexibility index (Phi) is 6.29. The topological polar surface area (TPSA) is 61.3 Å². The van der Waals surface area contributed by atoms with E-state index in [4.69, 9.17) is 5.11 Å². The van der Waals surface area contributed by atoms with Gasteiger partial charge in [-0.15, -0.1) is 0 Å². The Bertz CT molecular complexity index is 612. The first-order valence-corrected chi connectivity index (χ1v) is 8.76. The first-order valence-electron chi connectivity index (χ1n) is 8.76. The third kappa shape index (κ3) is 4.84. The number of nitrogens with zero attached hydrogens (tertiary/aromatic N) is 3. The van der Waals surface area contributed by atoms with E-state index in [1.807, 2.05) is 42.6 Å². The van der Waals surface area contributed by atoms with Crippen molar-refractivity contribution in [2.45, 2.75) is 19.4 Å². The molecule has 2 N–H and O–H groups in total. The van der Waals surface area contributed by atoms with Gasteiger partial charge < -0.3 is 15.3 Å². The highest BCUT2D eigenvalue weighted by Gasteiger charge is 2.18. The summed E-state index contributed by atoms with van der Waals surface area (Å²) in [6, 6.07) is 12.1. The van der Waals surface area contributed by atoms with Gasteiger partial charge in [-0.1, -0.05) is 30.3 Å². The van der Waals surface area contributed by atoms with E-state index in [9.17, 15) is 0 Å². The van der Waals surface area contributed by atoms with Crippen LogP contribution in [-0.2, 0) is 6.54 Å². The highest BCUT2D eigenvalue weighted by atomic mass is 16.3. The summed E-state index contributed by atoms with van der Waals surface area (Å²) in [6.07, 6.45) is 4.23. The van der Waals surface area contributed by atoms with Crippen LogP contribution in [-0.4, -0.2) is 52.8 Å². The molecule has 24 heavy (non-hydrogen) atoms. The Morgan fingerprint density at radius 3 is 2.67 bits per heavy atom. The van der Waals surface area contributed by atoms with Gasteiger partial charge in [-0.05, 0) is 44.5 Å². The van der Waals surface area contributed by atoms with Gasteiger partial charge in [0, 0.05) is 24.8 Å². The highest BCUT2D eigenvalue weighted by Crippen LogP contribution is 2.16. The summed E-state index contributed by atoms with van der Waals surface area (Å²) in [4.78, 5) is 11.4. The molecule has 0 bridgehead atoms. The maximum absolute atomic E-state index is 8.99. The average molecular weight is 326 g/mol. The molecule has 1 aromatic carbocycles. The monoisotopic (exact) mass is 326 g/mol. The van der Waals surface area contributed by atoms with Crippen LogP contribution in [0, 0.1) is 5.92 Å². The van der Waals surface area contributed by atoms with Crippen molar-refractivity contribution in [2.24, 2.45) is 5.92 Å². The van der Waals surface area contributed by atoms with Crippen molar-refractivity contribution in [3.63, 3.8) is 0 Å². The van der Waals surface area contributed by atoms with Gasteiger partial charge in [-0.2, -0.15) is 0 Å². The van der Waals surface area contributed by atoms with E-state index in [-0.39, 0.29) is 6.61 Å². The van der Waals surface area contributed by atoms with Gasteiger partial charge >= 0.3 is 0 Å². The van der Waals surface area contributed by atoms with Gasteiger partial charge in [0.2, 0.25) is 0 Å². The van der Waals surface area contributed by atoms with Gasteiger partial charge in [0.1, 0.15) is 0 Å². The SMILES string of the molecule is OCCN1CCC(CNCc2ccnc(-c3ccccc3)n2)CC1. The van der Waals surface area contributed by atoms with Crippen molar-refractivity contribution < 1.29 is 5.11 Å². The zero-order valence-electron chi connectivity index (χ0n) is 14.1. The zero-order chi connectivity index (χ0) is 16.6. The Morgan fingerprint density at radius 1 is 1.12 bits per heavy atom. The molecule has 0 aliphatic carbocycles. The number of nitrogens with one attached hydrogen (secondary N) is 1. The van der Waals surface area contributed by atoms with Crippen molar-refractivity contribution in [2.75, 3.05) is 32.8 Å². The number of β-amino-alcohol motifs (C(OH)–C–C–N with tert-alkyl or cyclic N) is 1. The molecule has 0 radical (unpaired) electrons. The van der Waals surface area contributed by atoms with Crippen LogP contribution in [0.25, 0.3) is 11.4 Å². The van der Waals surface area contributed by atoms with Crippen molar-refractivity contribution in [3.05, 3.63) is 48.3 Å². The van der Waals surface area contributed by atoms with Crippen molar-refractivity contribution in [3.8, 4) is 11.4 Å². The predicted octanol–water partition coefficient (Wildman–Crippen LogP) is 1.94. The fourth-order valence-electron chi connectivity index (χ4n) is 3.18. The van der Waals surface area contributed by atoms with Crippen molar-refractivity contribution >= 4 is 0 Å². The lowest BCUT2D eigenvalue weighted by molar-refractivity contribution is 0.146. The Balaban J connectivity index is 1.46. The van der Waals surface area contributed by atoms with Gasteiger partial charge in [0.05, 0.1) is 12.3 Å². The summed E-state index contributed by atoms with van der Waals surface area (Å²) < 4.78 is 0. The summed E-state index contributed by atoms with van der Waals surface area (Å²) in [6.45, 7) is 5.07. The molecule has 1 aromatic heterocycles. The molecule has 2 aromatic rings. The third-order valence-electron chi connectivity index (χ3n) is 4.61. The van der Waals surface area contributed by atoms with Gasteiger partial charge in [-0.25, -0.2) is 9.97 Å². The van der Waals surface area contributed by atoms with E-state index in [0.29, 0.717) is 0 Å². The predicted molar refractivity (Wildman–Crippen MR) is 95.4 cm³/mol. The highest BCUT2D eigenvalue weighted by molar-refractivity contribution is 5.54. The van der Waals surface area contributed by atoms with Crippen LogP contribution in [0.2, 0.25) is 0 Å². The lowest BCUT2D eigenvalue weighted by atomic mass is 9.97. The molecule has 5 nitrogen and oxygen atoms in total. The van der Waals surface area contributed by atoms with E-state index in [1.54, 1.807) is 0 Å². The lowest BCUT2D eigenvalue weighted by Gasteiger charge is -2.31. The van der Waals surface area contributed by atoms with Gasteiger partial charge in [0.15, 0.2) is 5.82 Å². The molecular formula is C19H26N4O. The molecule has 128 valence electrons. The summed E-state index contributed by atoms with van der Waals surface area (Å²) in [5.74, 6) is 1.50. The van der Waals surface area contributed by atoms with Crippen LogP contribution in [0.5, 0.6) is 0 Å². The van der Waals surface area contributed by atoms with Crippen LogP contribution in [0.1, 0.15) is 18.5 Å². The van der Waals surface area contributed by atoms with E-state index in [0.717, 1.165) is 55.7 Å². The first-order chi connectivity index (χ1) is 11.8. The minimum Gasteiger partial charge on any atom is -0.395 e. The number of benzene rings is 1. The number of likely N-dealkylation sites (tertiary alicyclic amines) is 1. The second-order valence-corrected chi connectivity index (χ2v) is 6.38. The minimum absolute atomic E-state index is 0.264. The summed E-state index contributed by atoms with van der Waals surface area (Å²) in [5, 5.41) is 12.5. The molecule has 0 atom stereocenters. The summed E-state index contributed by atoms with van der Waals surface area (Å²) in [7, 11) is 0. The number of hydrogen-bond acceptors (Lipinski definition) is 5. The lowest BCUT2D eigenvalue weighted by Crippen LogP contribution is -2.38. The average Bonchev–Trinajstić information content (AvgIpc) is 2.64. The fourth-order valence-corrected chi connectivity index (χ4v) is 3.18. The molecular weight excluding hydrogens is 300 g/mol. The standard InChI is InChI=1S/C19H26N4O/c24-13-12-23-10-7-16(8-11-23)14-20-15-18-6-9-21-19(22-18)17-4-2-1-3-5-17/h1-6,9,16,20,24H,7-8,10-15H2. The first kappa shape index (κ1) is 17.0. The van der Waals surface area contributed by atoms with Crippen LogP contribution < -0.4 is 5.32 Å². The van der Waals surface area contributed by atoms with Crippen LogP contribution in [0.3, 0.4) is 0 Å². The molecule has 0 amide bonds. The quantitative estimate of drug-likeness (QED) is 0.814. The van der Waals surface area contributed by atoms with Crippen LogP contribution in [0.15, 0.2) is 42.6 Å². The van der Waals surface area contributed by atoms with E-state index >= 15 is 0 Å². The van der Waals surface area contributed by atoms with Crippen molar-refractivity contribution in [1.82, 2.24) is 20.2 Å². The molecule has 2 heterocycles. The fraction of sp³-hybridized carbons (Fsp3) is 0.474. The number of aliphatic hydroxyl groups excluding tert-OH is 1. The zero-order valence-corrected chi connectivity index (χ0v) is 14.1. The molecule has 0 unspecified atom stereocenters. The number of aromatic nitrogens is 2. The van der Waals surface area contributed by atoms with E-state index in [1.165, 1.54) is 12.8 Å². The summed E-state index contributed by atoms with van der Waals surface area (Å²) in [5.41, 5.74) is 2.08. The molecule has 0 saturated carbocycles. The Hall–Kier alpha value is -1.82. The van der Waals surface area contributed by atoms with Crippen LogP contribution in [0.4, 0.5) is 0 Å². The largest absolute Gasteiger partial charge is 0.395 e. The van der Waals surface area contributed by atoms with E-state index in [2.05, 4.69) is 20.2 Å². The molecule has 1 saturated heterocycles. The molecule has 5 heteroatoms. The molecule has 3 rings (SSSR count). The smallest absolute Gasteiger partial charge is 0.159 e.